The van der Waals surface area contributed by atoms with Gasteiger partial charge in [-0.3, -0.25) is 19.3 Å². The molecule has 1 aromatic heterocycles. The molecule has 178 valence electrons. The lowest BCUT2D eigenvalue weighted by Gasteiger charge is -2.30. The fourth-order valence-corrected chi connectivity index (χ4v) is 4.06. The molecule has 0 fully saturated rings. The number of rotatable bonds is 9. The molecule has 3 aromatic rings. The van der Waals surface area contributed by atoms with E-state index in [1.807, 2.05) is 12.1 Å². The van der Waals surface area contributed by atoms with Crippen LogP contribution >= 0.6 is 11.5 Å². The van der Waals surface area contributed by atoms with Crippen molar-refractivity contribution >= 4 is 40.6 Å². The lowest BCUT2D eigenvalue weighted by atomic mass is 10.1. The number of amides is 3. The Balaban J connectivity index is 1.91. The van der Waals surface area contributed by atoms with Crippen LogP contribution in [0.5, 0.6) is 5.75 Å². The molecule has 0 bridgehead atoms. The zero-order valence-electron chi connectivity index (χ0n) is 18.6. The van der Waals surface area contributed by atoms with E-state index in [2.05, 4.69) is 9.69 Å². The summed E-state index contributed by atoms with van der Waals surface area (Å²) in [7, 11) is 1.56. The van der Waals surface area contributed by atoms with Gasteiger partial charge in [0.2, 0.25) is 5.91 Å². The fraction of sp³-hybridized carbons (Fsp3) is 0.217. The second-order valence-electron chi connectivity index (χ2n) is 7.28. The van der Waals surface area contributed by atoms with Gasteiger partial charge in [0.25, 0.3) is 11.8 Å². The van der Waals surface area contributed by atoms with Gasteiger partial charge < -0.3 is 21.5 Å². The highest BCUT2D eigenvalue weighted by molar-refractivity contribution is 7.09. The molecule has 0 aliphatic heterocycles. The smallest absolute Gasteiger partial charge is 0.272 e. The van der Waals surface area contributed by atoms with E-state index in [9.17, 15) is 18.8 Å². The summed E-state index contributed by atoms with van der Waals surface area (Å²) in [4.78, 5) is 39.4. The Morgan fingerprint density at radius 1 is 1.15 bits per heavy atom. The number of hydrogen-bond acceptors (Lipinski definition) is 7. The molecular weight excluding hydrogens is 461 g/mol. The van der Waals surface area contributed by atoms with Crippen LogP contribution in [0.4, 0.5) is 15.8 Å². The lowest BCUT2D eigenvalue weighted by molar-refractivity contribution is -0.122. The number of anilines is 2. The minimum Gasteiger partial charge on any atom is -0.497 e. The molecular formula is C23H24FN5O4S. The molecule has 1 atom stereocenters. The van der Waals surface area contributed by atoms with Gasteiger partial charge in [-0.05, 0) is 59.9 Å². The van der Waals surface area contributed by atoms with Gasteiger partial charge in [0.15, 0.2) is 5.69 Å². The van der Waals surface area contributed by atoms with Gasteiger partial charge in [-0.1, -0.05) is 19.1 Å². The maximum Gasteiger partial charge on any atom is 0.272 e. The summed E-state index contributed by atoms with van der Waals surface area (Å²) in [5, 5.41) is 2.83. The molecule has 11 heteroatoms. The zero-order valence-corrected chi connectivity index (χ0v) is 19.4. The SMILES string of the molecule is CCC(C(=O)NCc1ccc(OC)cc1)N(C(=O)c1snc(C(N)=O)c1N)c1ccc(F)cc1. The van der Waals surface area contributed by atoms with Gasteiger partial charge in [0.1, 0.15) is 22.5 Å². The summed E-state index contributed by atoms with van der Waals surface area (Å²) >= 11 is 0.707. The highest BCUT2D eigenvalue weighted by Crippen LogP contribution is 2.28. The van der Waals surface area contributed by atoms with E-state index in [-0.39, 0.29) is 34.9 Å². The van der Waals surface area contributed by atoms with Crippen LogP contribution < -0.4 is 26.4 Å². The van der Waals surface area contributed by atoms with Gasteiger partial charge in [-0.2, -0.15) is 4.37 Å². The van der Waals surface area contributed by atoms with Crippen LogP contribution in [0.2, 0.25) is 0 Å². The number of nitrogens with two attached hydrogens (primary N) is 2. The van der Waals surface area contributed by atoms with Crippen LogP contribution in [0.3, 0.4) is 0 Å². The third-order valence-electron chi connectivity index (χ3n) is 5.11. The van der Waals surface area contributed by atoms with E-state index < -0.39 is 29.6 Å². The molecule has 2 aromatic carbocycles. The quantitative estimate of drug-likeness (QED) is 0.426. The average molecular weight is 486 g/mol. The Morgan fingerprint density at radius 2 is 1.79 bits per heavy atom. The van der Waals surface area contributed by atoms with Crippen molar-refractivity contribution in [3.8, 4) is 5.75 Å². The summed E-state index contributed by atoms with van der Waals surface area (Å²) in [6.07, 6.45) is 0.249. The molecule has 0 radical (unpaired) electrons. The minimum atomic E-state index is -0.949. The average Bonchev–Trinajstić information content (AvgIpc) is 3.23. The van der Waals surface area contributed by atoms with Gasteiger partial charge in [-0.25, -0.2) is 4.39 Å². The molecule has 1 heterocycles. The first-order valence-electron chi connectivity index (χ1n) is 10.3. The van der Waals surface area contributed by atoms with Crippen LogP contribution in [-0.2, 0) is 11.3 Å². The second-order valence-corrected chi connectivity index (χ2v) is 8.05. The summed E-state index contributed by atoms with van der Waals surface area (Å²) in [6, 6.07) is 11.4. The molecule has 0 spiro atoms. The van der Waals surface area contributed by atoms with E-state index in [4.69, 9.17) is 16.2 Å². The van der Waals surface area contributed by atoms with Crippen molar-refractivity contribution in [2.24, 2.45) is 5.73 Å². The molecule has 0 aliphatic carbocycles. The van der Waals surface area contributed by atoms with Crippen molar-refractivity contribution in [3.63, 3.8) is 0 Å². The number of hydrogen-bond donors (Lipinski definition) is 3. The van der Waals surface area contributed by atoms with Gasteiger partial charge >= 0.3 is 0 Å². The zero-order chi connectivity index (χ0) is 24.8. The fourth-order valence-electron chi connectivity index (χ4n) is 3.31. The summed E-state index contributed by atoms with van der Waals surface area (Å²) < 4.78 is 22.6. The molecule has 9 nitrogen and oxygen atoms in total. The van der Waals surface area contributed by atoms with E-state index in [1.165, 1.54) is 29.2 Å². The van der Waals surface area contributed by atoms with Crippen molar-refractivity contribution < 1.29 is 23.5 Å². The predicted octanol–water partition coefficient (Wildman–Crippen LogP) is 2.71. The number of carbonyl (C=O) groups excluding carboxylic acids is 3. The molecule has 0 aliphatic rings. The summed E-state index contributed by atoms with van der Waals surface area (Å²) in [5.74, 6) is -1.76. The lowest BCUT2D eigenvalue weighted by Crippen LogP contribution is -2.49. The Bertz CT molecular complexity index is 1180. The monoisotopic (exact) mass is 485 g/mol. The Hall–Kier alpha value is -3.99. The third-order valence-corrected chi connectivity index (χ3v) is 5.96. The number of nitrogens with one attached hydrogen (secondary N) is 1. The van der Waals surface area contributed by atoms with Crippen LogP contribution in [0.15, 0.2) is 48.5 Å². The van der Waals surface area contributed by atoms with Gasteiger partial charge in [0.05, 0.1) is 12.8 Å². The van der Waals surface area contributed by atoms with Crippen LogP contribution in [-0.4, -0.2) is 35.2 Å². The number of nitrogen functional groups attached to an aromatic ring is 1. The summed E-state index contributed by atoms with van der Waals surface area (Å²) in [6.45, 7) is 1.96. The topological polar surface area (TPSA) is 141 Å². The van der Waals surface area contributed by atoms with E-state index in [0.717, 1.165) is 5.56 Å². The Morgan fingerprint density at radius 3 is 2.32 bits per heavy atom. The highest BCUT2D eigenvalue weighted by atomic mass is 32.1. The highest BCUT2D eigenvalue weighted by Gasteiger charge is 2.33. The van der Waals surface area contributed by atoms with Crippen molar-refractivity contribution in [2.75, 3.05) is 17.7 Å². The first-order chi connectivity index (χ1) is 16.3. The second kappa shape index (κ2) is 10.8. The Kier molecular flexibility index (Phi) is 7.79. The molecule has 3 rings (SSSR count). The van der Waals surface area contributed by atoms with Crippen molar-refractivity contribution in [1.29, 1.82) is 0 Å². The number of primary amides is 1. The standard InChI is InChI=1S/C23H24FN5O4S/c1-3-17(22(31)27-12-13-4-10-16(33-2)11-5-13)29(15-8-6-14(24)7-9-15)23(32)20-18(25)19(21(26)30)28-34-20/h4-11,17H,3,12,25H2,1-2H3,(H2,26,30)(H,27,31). The van der Waals surface area contributed by atoms with Crippen LogP contribution in [0, 0.1) is 5.82 Å². The van der Waals surface area contributed by atoms with E-state index in [1.54, 1.807) is 26.2 Å². The minimum absolute atomic E-state index is 0.0421. The first kappa shape index (κ1) is 24.6. The number of halogens is 1. The number of aromatic nitrogens is 1. The number of methoxy groups -OCH3 is 1. The molecule has 34 heavy (non-hydrogen) atoms. The molecule has 5 N–H and O–H groups in total. The van der Waals surface area contributed by atoms with Crippen LogP contribution in [0.25, 0.3) is 0 Å². The van der Waals surface area contributed by atoms with Crippen molar-refractivity contribution in [2.45, 2.75) is 25.9 Å². The number of ether oxygens (including phenoxy) is 1. The largest absolute Gasteiger partial charge is 0.497 e. The van der Waals surface area contributed by atoms with Gasteiger partial charge in [-0.15, -0.1) is 0 Å². The molecule has 1 unspecified atom stereocenters. The van der Waals surface area contributed by atoms with E-state index >= 15 is 0 Å². The number of carbonyl (C=O) groups is 3. The van der Waals surface area contributed by atoms with E-state index in [0.29, 0.717) is 17.3 Å². The third kappa shape index (κ3) is 5.31. The predicted molar refractivity (Wildman–Crippen MR) is 127 cm³/mol. The maximum absolute atomic E-state index is 13.6. The first-order valence-corrected chi connectivity index (χ1v) is 11.1. The van der Waals surface area contributed by atoms with Crippen molar-refractivity contribution in [3.05, 3.63) is 70.5 Å². The number of nitrogens with zero attached hydrogens (tertiary/aromatic N) is 2. The van der Waals surface area contributed by atoms with Gasteiger partial charge in [0, 0.05) is 12.2 Å². The molecule has 0 saturated carbocycles. The normalized spacial score (nSPS) is 11.5. The summed E-state index contributed by atoms with van der Waals surface area (Å²) in [5.41, 5.74) is 12.0. The maximum atomic E-state index is 13.6. The molecule has 0 saturated heterocycles. The van der Waals surface area contributed by atoms with Crippen molar-refractivity contribution in [1.82, 2.24) is 9.69 Å². The Labute approximate surface area is 199 Å². The molecule has 3 amide bonds. The number of benzene rings is 2. The van der Waals surface area contributed by atoms with Crippen LogP contribution in [0.1, 0.15) is 39.1 Å².